The molecule has 0 spiro atoms. The molecule has 0 heterocycles. The molecule has 1 rings (SSSR count). The van der Waals surface area contributed by atoms with Crippen LogP contribution in [0.1, 0.15) is 0 Å². The molecule has 1 unspecified atom stereocenters. The van der Waals surface area contributed by atoms with Crippen LogP contribution in [-0.2, 0) is 9.53 Å². The second-order valence-corrected chi connectivity index (χ2v) is 4.25. The van der Waals surface area contributed by atoms with Crippen LogP contribution in [0.15, 0.2) is 22.7 Å². The fourth-order valence-electron chi connectivity index (χ4n) is 1.23. The highest BCUT2D eigenvalue weighted by molar-refractivity contribution is 9.10. The van der Waals surface area contributed by atoms with Gasteiger partial charge in [0.05, 0.1) is 18.2 Å². The van der Waals surface area contributed by atoms with Gasteiger partial charge in [0.25, 0.3) is 0 Å². The lowest BCUT2D eigenvalue weighted by molar-refractivity contribution is -0.118. The van der Waals surface area contributed by atoms with Crippen molar-refractivity contribution in [2.45, 2.75) is 6.04 Å². The molecule has 1 atom stereocenters. The van der Waals surface area contributed by atoms with Gasteiger partial charge in [0.1, 0.15) is 11.8 Å². The van der Waals surface area contributed by atoms with E-state index < -0.39 is 6.04 Å². The summed E-state index contributed by atoms with van der Waals surface area (Å²) in [6.07, 6.45) is 0. The molecule has 5 nitrogen and oxygen atoms in total. The Bertz CT molecular complexity index is 404. The monoisotopic (exact) mass is 338 g/mol. The largest absolute Gasteiger partial charge is 0.496 e. The Morgan fingerprint density at radius 1 is 1.50 bits per heavy atom. The van der Waals surface area contributed by atoms with E-state index in [-0.39, 0.29) is 24.9 Å². The molecule has 0 bridgehead atoms. The standard InChI is InChI=1S/C11H15BrN2O3.ClH/c1-16-6-9(13)11(15)14-7-3-4-10(17-2)8(12)5-7;/h3-5,9H,6,13H2,1-2H3,(H,14,15);1H. The average Bonchev–Trinajstić information content (AvgIpc) is 2.29. The van der Waals surface area contributed by atoms with Gasteiger partial charge in [-0.25, -0.2) is 0 Å². The van der Waals surface area contributed by atoms with Crippen molar-refractivity contribution >= 4 is 39.9 Å². The minimum Gasteiger partial charge on any atom is -0.496 e. The van der Waals surface area contributed by atoms with Crippen LogP contribution in [0.4, 0.5) is 5.69 Å². The van der Waals surface area contributed by atoms with Crippen molar-refractivity contribution in [3.8, 4) is 5.75 Å². The number of halogens is 2. The van der Waals surface area contributed by atoms with Crippen LogP contribution in [0.5, 0.6) is 5.75 Å². The van der Waals surface area contributed by atoms with Crippen molar-refractivity contribution in [2.75, 3.05) is 26.1 Å². The molecule has 0 aromatic heterocycles. The van der Waals surface area contributed by atoms with Crippen LogP contribution in [0.3, 0.4) is 0 Å². The highest BCUT2D eigenvalue weighted by Gasteiger charge is 2.13. The minimum absolute atomic E-state index is 0. The molecule has 18 heavy (non-hydrogen) atoms. The van der Waals surface area contributed by atoms with Crippen molar-refractivity contribution in [3.63, 3.8) is 0 Å². The van der Waals surface area contributed by atoms with E-state index in [0.29, 0.717) is 11.4 Å². The summed E-state index contributed by atoms with van der Waals surface area (Å²) in [5, 5.41) is 2.69. The Kier molecular flexibility index (Phi) is 7.93. The van der Waals surface area contributed by atoms with Crippen molar-refractivity contribution in [2.24, 2.45) is 5.73 Å². The summed E-state index contributed by atoms with van der Waals surface area (Å²) in [5.41, 5.74) is 6.24. The number of nitrogens with two attached hydrogens (primary N) is 1. The molecule has 0 aliphatic rings. The number of methoxy groups -OCH3 is 2. The number of anilines is 1. The van der Waals surface area contributed by atoms with Gasteiger partial charge in [0.15, 0.2) is 0 Å². The molecule has 1 aromatic rings. The molecule has 7 heteroatoms. The highest BCUT2D eigenvalue weighted by Crippen LogP contribution is 2.27. The highest BCUT2D eigenvalue weighted by atomic mass is 79.9. The normalized spacial score (nSPS) is 11.3. The fourth-order valence-corrected chi connectivity index (χ4v) is 1.78. The number of carbonyl (C=O) groups excluding carboxylic acids is 1. The third-order valence-corrected chi connectivity index (χ3v) is 2.72. The first-order chi connectivity index (χ1) is 8.08. The van der Waals surface area contributed by atoms with Crippen molar-refractivity contribution in [1.29, 1.82) is 0 Å². The predicted octanol–water partition coefficient (Wildman–Crippen LogP) is 1.79. The number of benzene rings is 1. The maximum absolute atomic E-state index is 11.6. The molecule has 0 saturated heterocycles. The van der Waals surface area contributed by atoms with E-state index in [4.69, 9.17) is 15.2 Å². The van der Waals surface area contributed by atoms with E-state index in [1.165, 1.54) is 7.11 Å². The third kappa shape index (κ3) is 4.81. The molecule has 0 saturated carbocycles. The lowest BCUT2D eigenvalue weighted by Crippen LogP contribution is -2.39. The second-order valence-electron chi connectivity index (χ2n) is 3.40. The number of rotatable bonds is 5. The van der Waals surface area contributed by atoms with Crippen LogP contribution in [0, 0.1) is 0 Å². The number of amides is 1. The van der Waals surface area contributed by atoms with E-state index in [0.717, 1.165) is 4.47 Å². The SMILES string of the molecule is COCC(N)C(=O)Nc1ccc(OC)c(Br)c1.Cl. The van der Waals surface area contributed by atoms with Crippen LogP contribution in [-0.4, -0.2) is 32.8 Å². The van der Waals surface area contributed by atoms with Crippen LogP contribution >= 0.6 is 28.3 Å². The Morgan fingerprint density at radius 2 is 2.17 bits per heavy atom. The van der Waals surface area contributed by atoms with Crippen LogP contribution in [0.25, 0.3) is 0 Å². The number of ether oxygens (including phenoxy) is 2. The summed E-state index contributed by atoms with van der Waals surface area (Å²) in [6, 6.07) is 4.56. The van der Waals surface area contributed by atoms with Gasteiger partial charge in [-0.2, -0.15) is 0 Å². The molecule has 3 N–H and O–H groups in total. The van der Waals surface area contributed by atoms with Gasteiger partial charge < -0.3 is 20.5 Å². The maximum atomic E-state index is 11.6. The Morgan fingerprint density at radius 3 is 2.67 bits per heavy atom. The quantitative estimate of drug-likeness (QED) is 0.858. The minimum atomic E-state index is -0.680. The number of hydrogen-bond acceptors (Lipinski definition) is 4. The lowest BCUT2D eigenvalue weighted by Gasteiger charge is -2.12. The number of hydrogen-bond donors (Lipinski definition) is 2. The van der Waals surface area contributed by atoms with Crippen molar-refractivity contribution < 1.29 is 14.3 Å². The Labute approximate surface area is 121 Å². The molecule has 1 aromatic carbocycles. The van der Waals surface area contributed by atoms with Crippen LogP contribution < -0.4 is 15.8 Å². The summed E-state index contributed by atoms with van der Waals surface area (Å²) in [4.78, 5) is 11.6. The van der Waals surface area contributed by atoms with Gasteiger partial charge in [-0.15, -0.1) is 12.4 Å². The van der Waals surface area contributed by atoms with Gasteiger partial charge in [0.2, 0.25) is 5.91 Å². The first-order valence-corrected chi connectivity index (χ1v) is 5.76. The van der Waals surface area contributed by atoms with Crippen LogP contribution in [0.2, 0.25) is 0 Å². The zero-order chi connectivity index (χ0) is 12.8. The zero-order valence-corrected chi connectivity index (χ0v) is 12.5. The molecular formula is C11H16BrClN2O3. The second kappa shape index (κ2) is 8.31. The van der Waals surface area contributed by atoms with Crippen molar-refractivity contribution in [3.05, 3.63) is 22.7 Å². The number of carbonyl (C=O) groups is 1. The summed E-state index contributed by atoms with van der Waals surface area (Å²) in [7, 11) is 3.07. The van der Waals surface area contributed by atoms with E-state index in [2.05, 4.69) is 21.2 Å². The molecule has 0 aliphatic heterocycles. The smallest absolute Gasteiger partial charge is 0.243 e. The first kappa shape index (κ1) is 17.2. The number of nitrogens with one attached hydrogen (secondary N) is 1. The fraction of sp³-hybridized carbons (Fsp3) is 0.364. The van der Waals surface area contributed by atoms with Crippen molar-refractivity contribution in [1.82, 2.24) is 0 Å². The Hall–Kier alpha value is -0.820. The summed E-state index contributed by atoms with van der Waals surface area (Å²) < 4.78 is 10.7. The summed E-state index contributed by atoms with van der Waals surface area (Å²) in [6.45, 7) is 0.184. The Balaban J connectivity index is 0.00000289. The molecule has 1 amide bonds. The molecule has 0 fully saturated rings. The van der Waals surface area contributed by atoms with Gasteiger partial charge in [0, 0.05) is 12.8 Å². The maximum Gasteiger partial charge on any atom is 0.243 e. The molecule has 0 aliphatic carbocycles. The lowest BCUT2D eigenvalue weighted by atomic mass is 10.2. The van der Waals surface area contributed by atoms with Gasteiger partial charge in [-0.1, -0.05) is 0 Å². The van der Waals surface area contributed by atoms with E-state index >= 15 is 0 Å². The first-order valence-electron chi connectivity index (χ1n) is 4.97. The molecule has 102 valence electrons. The summed E-state index contributed by atoms with van der Waals surface area (Å²) >= 11 is 3.33. The topological polar surface area (TPSA) is 73.6 Å². The molecule has 0 radical (unpaired) electrons. The van der Waals surface area contributed by atoms with E-state index in [1.54, 1.807) is 25.3 Å². The van der Waals surface area contributed by atoms with Gasteiger partial charge >= 0.3 is 0 Å². The van der Waals surface area contributed by atoms with E-state index in [9.17, 15) is 4.79 Å². The zero-order valence-electron chi connectivity index (χ0n) is 10.1. The third-order valence-electron chi connectivity index (χ3n) is 2.10. The van der Waals surface area contributed by atoms with Gasteiger partial charge in [-0.3, -0.25) is 4.79 Å². The van der Waals surface area contributed by atoms with E-state index in [1.807, 2.05) is 0 Å². The summed E-state index contributed by atoms with van der Waals surface area (Å²) in [5.74, 6) is 0.410. The van der Waals surface area contributed by atoms with Gasteiger partial charge in [-0.05, 0) is 34.1 Å². The molecular weight excluding hydrogens is 323 g/mol. The predicted molar refractivity (Wildman–Crippen MR) is 76.4 cm³/mol. The average molecular weight is 340 g/mol.